The first-order valence-electron chi connectivity index (χ1n) is 9.05. The number of nitrogens with zero attached hydrogens (tertiary/aromatic N) is 2. The van der Waals surface area contributed by atoms with Gasteiger partial charge < -0.3 is 4.90 Å². The summed E-state index contributed by atoms with van der Waals surface area (Å²) >= 11 is 0. The fourth-order valence-corrected chi connectivity index (χ4v) is 3.43. The Morgan fingerprint density at radius 1 is 0.929 bits per heavy atom. The van der Waals surface area contributed by atoms with Crippen LogP contribution in [0, 0.1) is 5.82 Å². The van der Waals surface area contributed by atoms with E-state index < -0.39 is 23.7 Å². The van der Waals surface area contributed by atoms with Crippen LogP contribution in [-0.4, -0.2) is 30.9 Å². The summed E-state index contributed by atoms with van der Waals surface area (Å²) in [5, 5.41) is 2.13. The molecule has 2 aromatic carbocycles. The molecule has 2 aromatic rings. The molecule has 142 valence electrons. The molecule has 2 saturated heterocycles. The van der Waals surface area contributed by atoms with Crippen LogP contribution in [0.5, 0.6) is 0 Å². The first kappa shape index (κ1) is 17.9. The number of anilines is 2. The van der Waals surface area contributed by atoms with Gasteiger partial charge in [0, 0.05) is 18.8 Å². The third-order valence-corrected chi connectivity index (χ3v) is 4.84. The Labute approximate surface area is 161 Å². The zero-order valence-electron chi connectivity index (χ0n) is 15.0. The third-order valence-electron chi connectivity index (χ3n) is 4.84. The van der Waals surface area contributed by atoms with Crippen molar-refractivity contribution in [2.45, 2.75) is 12.8 Å². The Hall–Kier alpha value is -3.48. The molecule has 4 rings (SSSR count). The molecule has 7 heteroatoms. The molecule has 0 unspecified atom stereocenters. The topological polar surface area (TPSA) is 69.7 Å². The number of imide groups is 2. The number of barbiturate groups is 1. The zero-order chi connectivity index (χ0) is 19.7. The minimum absolute atomic E-state index is 0.0604. The number of carbonyl (C=O) groups is 3. The Balaban J connectivity index is 1.63. The average Bonchev–Trinajstić information content (AvgIpc) is 3.20. The van der Waals surface area contributed by atoms with Crippen molar-refractivity contribution in [1.82, 2.24) is 5.32 Å². The predicted octanol–water partition coefficient (Wildman–Crippen LogP) is 3.09. The summed E-state index contributed by atoms with van der Waals surface area (Å²) in [6.45, 7) is 2.04. The van der Waals surface area contributed by atoms with Gasteiger partial charge in [-0.15, -0.1) is 0 Å². The molecule has 0 spiro atoms. The number of amides is 4. The van der Waals surface area contributed by atoms with Crippen LogP contribution in [0.2, 0.25) is 0 Å². The van der Waals surface area contributed by atoms with Crippen molar-refractivity contribution in [3.8, 4) is 0 Å². The van der Waals surface area contributed by atoms with Gasteiger partial charge in [-0.1, -0.05) is 18.2 Å². The maximum atomic E-state index is 13.5. The fraction of sp³-hybridized carbons (Fsp3) is 0.190. The molecule has 0 bridgehead atoms. The van der Waals surface area contributed by atoms with E-state index >= 15 is 0 Å². The lowest BCUT2D eigenvalue weighted by atomic mass is 10.1. The van der Waals surface area contributed by atoms with E-state index in [-0.39, 0.29) is 11.3 Å². The highest BCUT2D eigenvalue weighted by molar-refractivity contribution is 6.39. The van der Waals surface area contributed by atoms with Gasteiger partial charge in [-0.05, 0) is 54.8 Å². The summed E-state index contributed by atoms with van der Waals surface area (Å²) in [6, 6.07) is 11.7. The lowest BCUT2D eigenvalue weighted by molar-refractivity contribution is -0.122. The van der Waals surface area contributed by atoms with E-state index in [1.165, 1.54) is 37.1 Å². The molecule has 0 saturated carbocycles. The Morgan fingerprint density at radius 2 is 1.64 bits per heavy atom. The molecule has 0 aliphatic carbocycles. The number of urea groups is 1. The second-order valence-corrected chi connectivity index (χ2v) is 6.72. The molecule has 0 atom stereocenters. The van der Waals surface area contributed by atoms with Crippen molar-refractivity contribution < 1.29 is 18.8 Å². The number of hydrogen-bond donors (Lipinski definition) is 1. The summed E-state index contributed by atoms with van der Waals surface area (Å²) in [4.78, 5) is 40.2. The highest BCUT2D eigenvalue weighted by atomic mass is 19.1. The molecule has 28 heavy (non-hydrogen) atoms. The molecule has 2 aliphatic rings. The Morgan fingerprint density at radius 3 is 2.32 bits per heavy atom. The molecule has 0 aromatic heterocycles. The van der Waals surface area contributed by atoms with Gasteiger partial charge in [0.1, 0.15) is 11.4 Å². The second kappa shape index (κ2) is 7.26. The van der Waals surface area contributed by atoms with E-state index in [4.69, 9.17) is 0 Å². The van der Waals surface area contributed by atoms with Gasteiger partial charge in [0.25, 0.3) is 11.8 Å². The molecule has 6 nitrogen and oxygen atoms in total. The van der Waals surface area contributed by atoms with Crippen molar-refractivity contribution in [3.63, 3.8) is 0 Å². The van der Waals surface area contributed by atoms with E-state index in [1.807, 2.05) is 24.3 Å². The van der Waals surface area contributed by atoms with Gasteiger partial charge in [0.15, 0.2) is 0 Å². The van der Waals surface area contributed by atoms with Crippen LogP contribution in [0.1, 0.15) is 18.4 Å². The van der Waals surface area contributed by atoms with Crippen LogP contribution >= 0.6 is 0 Å². The number of nitrogens with one attached hydrogen (secondary N) is 1. The summed E-state index contributed by atoms with van der Waals surface area (Å²) in [7, 11) is 0. The van der Waals surface area contributed by atoms with E-state index in [0.29, 0.717) is 5.56 Å². The SMILES string of the molecule is O=C1NC(=O)N(c2cccc(F)c2)C(=O)/C1=C/c1ccc(N2CCCC2)cc1. The third kappa shape index (κ3) is 3.38. The van der Waals surface area contributed by atoms with Crippen molar-refractivity contribution >= 4 is 35.3 Å². The quantitative estimate of drug-likeness (QED) is 0.657. The Bertz CT molecular complexity index is 979. The van der Waals surface area contributed by atoms with E-state index in [9.17, 15) is 18.8 Å². The zero-order valence-corrected chi connectivity index (χ0v) is 15.0. The van der Waals surface area contributed by atoms with Gasteiger partial charge in [-0.25, -0.2) is 14.1 Å². The van der Waals surface area contributed by atoms with Crippen LogP contribution in [0.15, 0.2) is 54.1 Å². The fourth-order valence-electron chi connectivity index (χ4n) is 3.43. The molecule has 4 amide bonds. The van der Waals surface area contributed by atoms with Gasteiger partial charge in [-0.2, -0.15) is 0 Å². The van der Waals surface area contributed by atoms with Crippen molar-refractivity contribution in [1.29, 1.82) is 0 Å². The van der Waals surface area contributed by atoms with E-state index in [2.05, 4.69) is 10.2 Å². The standard InChI is InChI=1S/C21H18FN3O3/c22-15-4-3-5-17(13-15)25-20(27)18(19(26)23-21(25)28)12-14-6-8-16(9-7-14)24-10-1-2-11-24/h3-9,12-13H,1-2,10-11H2,(H,23,26,28)/b18-12+. The maximum absolute atomic E-state index is 13.5. The first-order chi connectivity index (χ1) is 13.5. The van der Waals surface area contributed by atoms with Crippen molar-refractivity contribution in [2.75, 3.05) is 22.9 Å². The number of benzene rings is 2. The highest BCUT2D eigenvalue weighted by Gasteiger charge is 2.36. The molecular weight excluding hydrogens is 361 g/mol. The predicted molar refractivity (Wildman–Crippen MR) is 103 cm³/mol. The summed E-state index contributed by atoms with van der Waals surface area (Å²) in [5.41, 5.74) is 1.63. The number of rotatable bonds is 3. The van der Waals surface area contributed by atoms with Gasteiger partial charge in [0.05, 0.1) is 5.69 Å². The normalized spacial score (nSPS) is 18.8. The molecule has 0 radical (unpaired) electrons. The summed E-state index contributed by atoms with van der Waals surface area (Å²) in [6.07, 6.45) is 3.78. The average molecular weight is 379 g/mol. The van der Waals surface area contributed by atoms with Crippen LogP contribution < -0.4 is 15.1 Å². The number of halogens is 1. The summed E-state index contributed by atoms with van der Waals surface area (Å²) < 4.78 is 13.5. The minimum atomic E-state index is -0.901. The van der Waals surface area contributed by atoms with Crippen LogP contribution in [-0.2, 0) is 9.59 Å². The lowest BCUT2D eigenvalue weighted by Crippen LogP contribution is -2.54. The molecule has 1 N–H and O–H groups in total. The largest absolute Gasteiger partial charge is 0.372 e. The second-order valence-electron chi connectivity index (χ2n) is 6.72. The van der Waals surface area contributed by atoms with Crippen LogP contribution in [0.3, 0.4) is 0 Å². The molecule has 2 heterocycles. The first-order valence-corrected chi connectivity index (χ1v) is 9.05. The molecule has 2 fully saturated rings. The van der Waals surface area contributed by atoms with E-state index in [1.54, 1.807) is 0 Å². The molecule has 2 aliphatic heterocycles. The summed E-state index contributed by atoms with van der Waals surface area (Å²) in [5.74, 6) is -2.15. The monoisotopic (exact) mass is 379 g/mol. The smallest absolute Gasteiger partial charge is 0.335 e. The lowest BCUT2D eigenvalue weighted by Gasteiger charge is -2.26. The van der Waals surface area contributed by atoms with Crippen LogP contribution in [0.4, 0.5) is 20.6 Å². The molecular formula is C21H18FN3O3. The van der Waals surface area contributed by atoms with Crippen LogP contribution in [0.25, 0.3) is 6.08 Å². The number of carbonyl (C=O) groups excluding carboxylic acids is 3. The van der Waals surface area contributed by atoms with Gasteiger partial charge in [-0.3, -0.25) is 14.9 Å². The minimum Gasteiger partial charge on any atom is -0.372 e. The van der Waals surface area contributed by atoms with Crippen molar-refractivity contribution in [3.05, 3.63) is 65.5 Å². The highest BCUT2D eigenvalue weighted by Crippen LogP contribution is 2.24. The van der Waals surface area contributed by atoms with Gasteiger partial charge in [0.2, 0.25) is 0 Å². The number of hydrogen-bond acceptors (Lipinski definition) is 4. The van der Waals surface area contributed by atoms with Crippen molar-refractivity contribution in [2.24, 2.45) is 0 Å². The Kier molecular flexibility index (Phi) is 4.65. The van der Waals surface area contributed by atoms with E-state index in [0.717, 1.165) is 29.7 Å². The van der Waals surface area contributed by atoms with Gasteiger partial charge >= 0.3 is 6.03 Å². The maximum Gasteiger partial charge on any atom is 0.335 e.